The molecule has 2 nitrogen and oxygen atoms in total. The number of rotatable bonds is 1. The summed E-state index contributed by atoms with van der Waals surface area (Å²) >= 11 is 0. The monoisotopic (exact) mass is 194 g/mol. The zero-order valence-corrected chi connectivity index (χ0v) is 9.17. The molecule has 0 aliphatic heterocycles. The van der Waals surface area contributed by atoms with E-state index in [9.17, 15) is 4.79 Å². The second kappa shape index (κ2) is 2.85. The largest absolute Gasteiger partial charge is 0.462 e. The quantitative estimate of drug-likeness (QED) is 0.473. The van der Waals surface area contributed by atoms with Gasteiger partial charge in [-0.1, -0.05) is 26.0 Å². The van der Waals surface area contributed by atoms with Gasteiger partial charge in [0.2, 0.25) is 0 Å². The highest BCUT2D eigenvalue weighted by atomic mass is 16.5. The Bertz CT molecular complexity index is 291. The van der Waals surface area contributed by atoms with Crippen molar-refractivity contribution >= 4 is 5.97 Å². The first-order valence-corrected chi connectivity index (χ1v) is 5.29. The maximum absolute atomic E-state index is 10.9. The summed E-state index contributed by atoms with van der Waals surface area (Å²) < 4.78 is 5.31. The van der Waals surface area contributed by atoms with Crippen molar-refractivity contribution in [3.63, 3.8) is 0 Å². The van der Waals surface area contributed by atoms with E-state index in [0.717, 1.165) is 12.8 Å². The third-order valence-electron chi connectivity index (χ3n) is 4.12. The van der Waals surface area contributed by atoms with Crippen LogP contribution < -0.4 is 0 Å². The van der Waals surface area contributed by atoms with Crippen molar-refractivity contribution in [2.24, 2.45) is 17.3 Å². The molecule has 0 spiro atoms. The summed E-state index contributed by atoms with van der Waals surface area (Å²) in [4.78, 5) is 10.9. The van der Waals surface area contributed by atoms with Crippen LogP contribution in [0.3, 0.4) is 0 Å². The average Bonchev–Trinajstić information content (AvgIpc) is 2.52. The Hall–Kier alpha value is -0.790. The van der Waals surface area contributed by atoms with Crippen LogP contribution in [0.1, 0.15) is 33.6 Å². The van der Waals surface area contributed by atoms with E-state index in [2.05, 4.69) is 20.4 Å². The molecule has 3 atom stereocenters. The van der Waals surface area contributed by atoms with E-state index >= 15 is 0 Å². The molecule has 0 radical (unpaired) electrons. The van der Waals surface area contributed by atoms with E-state index in [1.165, 1.54) is 12.5 Å². The molecular weight excluding hydrogens is 176 g/mol. The van der Waals surface area contributed by atoms with Gasteiger partial charge in [0.05, 0.1) is 0 Å². The highest BCUT2D eigenvalue weighted by Crippen LogP contribution is 2.59. The minimum absolute atomic E-state index is 0.109. The lowest BCUT2D eigenvalue weighted by Gasteiger charge is -2.35. The van der Waals surface area contributed by atoms with E-state index in [-0.39, 0.29) is 17.5 Å². The maximum Gasteiger partial charge on any atom is 0.302 e. The summed E-state index contributed by atoms with van der Waals surface area (Å²) in [6.45, 7) is 10.1. The Morgan fingerprint density at radius 2 is 2.14 bits per heavy atom. The van der Waals surface area contributed by atoms with Crippen LogP contribution in [0.25, 0.3) is 0 Å². The van der Waals surface area contributed by atoms with Gasteiger partial charge in [-0.25, -0.2) is 0 Å². The van der Waals surface area contributed by atoms with Crippen molar-refractivity contribution in [2.45, 2.75) is 39.7 Å². The average molecular weight is 194 g/mol. The number of hydrogen-bond donors (Lipinski definition) is 0. The van der Waals surface area contributed by atoms with Gasteiger partial charge in [-0.15, -0.1) is 0 Å². The van der Waals surface area contributed by atoms with Crippen molar-refractivity contribution in [3.05, 3.63) is 12.2 Å². The smallest absolute Gasteiger partial charge is 0.302 e. The summed E-state index contributed by atoms with van der Waals surface area (Å²) in [6, 6.07) is 0. The number of fused-ring (bicyclic) bond motifs is 2. The highest BCUT2D eigenvalue weighted by molar-refractivity contribution is 5.66. The fourth-order valence-corrected chi connectivity index (χ4v) is 3.04. The summed E-state index contributed by atoms with van der Waals surface area (Å²) in [5, 5.41) is 0. The van der Waals surface area contributed by atoms with Gasteiger partial charge in [0.25, 0.3) is 0 Å². The third-order valence-corrected chi connectivity index (χ3v) is 4.12. The molecule has 2 heteroatoms. The van der Waals surface area contributed by atoms with Crippen LogP contribution in [-0.4, -0.2) is 12.1 Å². The Kier molecular flexibility index (Phi) is 1.98. The summed E-state index contributed by atoms with van der Waals surface area (Å²) in [5.74, 6) is 0.913. The number of ether oxygens (including phenoxy) is 1. The molecule has 2 rings (SSSR count). The summed E-state index contributed by atoms with van der Waals surface area (Å²) in [6.07, 6.45) is 2.29. The molecule has 0 saturated heterocycles. The van der Waals surface area contributed by atoms with Gasteiger partial charge < -0.3 is 4.74 Å². The van der Waals surface area contributed by atoms with E-state index in [4.69, 9.17) is 4.74 Å². The fourth-order valence-electron chi connectivity index (χ4n) is 3.04. The first-order chi connectivity index (χ1) is 6.43. The molecule has 0 aromatic rings. The Balaban J connectivity index is 2.13. The zero-order valence-electron chi connectivity index (χ0n) is 9.17. The SMILES string of the molecule is C=C1[C@@H]2C[C@@H](C[C@@H]2OC(C)=O)C1(C)C. The first kappa shape index (κ1) is 9.75. The van der Waals surface area contributed by atoms with Crippen LogP contribution in [-0.2, 0) is 9.53 Å². The van der Waals surface area contributed by atoms with Crippen molar-refractivity contribution in [2.75, 3.05) is 0 Å². The number of carbonyl (C=O) groups excluding carboxylic acids is 1. The molecule has 2 bridgehead atoms. The molecule has 0 amide bonds. The number of esters is 1. The van der Waals surface area contributed by atoms with Crippen molar-refractivity contribution in [1.29, 1.82) is 0 Å². The van der Waals surface area contributed by atoms with E-state index in [1.54, 1.807) is 0 Å². The van der Waals surface area contributed by atoms with Crippen LogP contribution in [0.15, 0.2) is 12.2 Å². The molecule has 0 aromatic carbocycles. The first-order valence-electron chi connectivity index (χ1n) is 5.29. The maximum atomic E-state index is 10.9. The topological polar surface area (TPSA) is 26.3 Å². The summed E-state index contributed by atoms with van der Waals surface area (Å²) in [7, 11) is 0. The second-order valence-electron chi connectivity index (χ2n) is 5.17. The van der Waals surface area contributed by atoms with Crippen LogP contribution in [0, 0.1) is 17.3 Å². The molecule has 0 unspecified atom stereocenters. The molecule has 2 saturated carbocycles. The third kappa shape index (κ3) is 1.20. The van der Waals surface area contributed by atoms with Gasteiger partial charge >= 0.3 is 5.97 Å². The fraction of sp³-hybridized carbons (Fsp3) is 0.750. The van der Waals surface area contributed by atoms with Crippen LogP contribution in [0.4, 0.5) is 0 Å². The lowest BCUT2D eigenvalue weighted by molar-refractivity contribution is -0.148. The number of hydrogen-bond acceptors (Lipinski definition) is 2. The van der Waals surface area contributed by atoms with E-state index in [1.807, 2.05) is 0 Å². The predicted molar refractivity (Wildman–Crippen MR) is 54.7 cm³/mol. The predicted octanol–water partition coefficient (Wildman–Crippen LogP) is 2.54. The minimum Gasteiger partial charge on any atom is -0.462 e. The van der Waals surface area contributed by atoms with E-state index in [0.29, 0.717) is 11.8 Å². The lowest BCUT2D eigenvalue weighted by Crippen LogP contribution is -2.32. The Labute approximate surface area is 85.3 Å². The highest BCUT2D eigenvalue weighted by Gasteiger charge is 2.53. The van der Waals surface area contributed by atoms with Gasteiger partial charge in [0, 0.05) is 12.8 Å². The molecule has 2 aliphatic rings. The molecule has 2 fully saturated rings. The van der Waals surface area contributed by atoms with Crippen molar-refractivity contribution in [1.82, 2.24) is 0 Å². The number of carbonyl (C=O) groups is 1. The van der Waals surface area contributed by atoms with Crippen LogP contribution in [0.2, 0.25) is 0 Å². The van der Waals surface area contributed by atoms with Gasteiger partial charge in [0.1, 0.15) is 6.10 Å². The lowest BCUT2D eigenvalue weighted by atomic mass is 9.72. The Morgan fingerprint density at radius 3 is 2.57 bits per heavy atom. The Morgan fingerprint density at radius 1 is 1.50 bits per heavy atom. The molecule has 2 aliphatic carbocycles. The molecule has 0 heterocycles. The standard InChI is InChI=1S/C12H18O2/c1-7-10-5-9(12(7,3)4)6-11(10)14-8(2)13/h9-11H,1,5-6H2,2-4H3/t9-,10-,11-/m0/s1. The summed E-state index contributed by atoms with van der Waals surface area (Å²) in [5.41, 5.74) is 1.53. The van der Waals surface area contributed by atoms with Gasteiger partial charge in [-0.2, -0.15) is 0 Å². The molecule has 0 aromatic heterocycles. The molecular formula is C12H18O2. The molecule has 0 N–H and O–H groups in total. The van der Waals surface area contributed by atoms with Gasteiger partial charge in [0.15, 0.2) is 0 Å². The second-order valence-corrected chi connectivity index (χ2v) is 5.17. The molecule has 78 valence electrons. The van der Waals surface area contributed by atoms with Crippen LogP contribution in [0.5, 0.6) is 0 Å². The normalized spacial score (nSPS) is 38.8. The molecule has 14 heavy (non-hydrogen) atoms. The van der Waals surface area contributed by atoms with Crippen molar-refractivity contribution in [3.8, 4) is 0 Å². The van der Waals surface area contributed by atoms with Gasteiger partial charge in [-0.3, -0.25) is 4.79 Å². The zero-order chi connectivity index (χ0) is 10.5. The van der Waals surface area contributed by atoms with Gasteiger partial charge in [-0.05, 0) is 24.2 Å². The van der Waals surface area contributed by atoms with Crippen molar-refractivity contribution < 1.29 is 9.53 Å². The van der Waals surface area contributed by atoms with Crippen LogP contribution >= 0.6 is 0 Å². The minimum atomic E-state index is -0.159. The van der Waals surface area contributed by atoms with E-state index < -0.39 is 0 Å².